The Morgan fingerprint density at radius 1 is 0.943 bits per heavy atom. The number of hydrogen-bond donors (Lipinski definition) is 1. The molecule has 0 fully saturated rings. The number of allylic oxidation sites excluding steroid dienone is 4. The van der Waals surface area contributed by atoms with Gasteiger partial charge in [0.15, 0.2) is 5.71 Å². The molecule has 35 heavy (non-hydrogen) atoms. The van der Waals surface area contributed by atoms with E-state index in [4.69, 9.17) is 5.11 Å². The molecule has 2 aromatic rings. The first-order chi connectivity index (χ1) is 16.2. The predicted molar refractivity (Wildman–Crippen MR) is 140 cm³/mol. The van der Waals surface area contributed by atoms with Gasteiger partial charge in [0.1, 0.15) is 6.54 Å². The number of rotatable bonds is 8. The molecule has 0 aromatic heterocycles. The lowest BCUT2D eigenvalue weighted by Crippen LogP contribution is -3.00. The number of benzene rings is 2. The molecule has 2 aromatic carbocycles. The second-order valence-corrected chi connectivity index (χ2v) is 10.5. The van der Waals surface area contributed by atoms with Gasteiger partial charge in [0.2, 0.25) is 5.69 Å². The molecule has 186 valence electrons. The van der Waals surface area contributed by atoms with Crippen LogP contribution >= 0.6 is 0 Å². The fourth-order valence-corrected chi connectivity index (χ4v) is 5.64. The van der Waals surface area contributed by atoms with Crippen LogP contribution in [0.4, 0.5) is 11.4 Å². The summed E-state index contributed by atoms with van der Waals surface area (Å²) in [6, 6.07) is 17.3. The number of para-hydroxylation sites is 2. The third-order valence-electron chi connectivity index (χ3n) is 7.52. The van der Waals surface area contributed by atoms with E-state index in [1.807, 2.05) is 0 Å². The Labute approximate surface area is 216 Å². The van der Waals surface area contributed by atoms with Gasteiger partial charge in [-0.2, -0.15) is 4.58 Å². The van der Waals surface area contributed by atoms with Crippen LogP contribution in [0.25, 0.3) is 0 Å². The highest BCUT2D eigenvalue weighted by Crippen LogP contribution is 2.46. The topological polar surface area (TPSA) is 43.5 Å². The number of anilines is 1. The van der Waals surface area contributed by atoms with E-state index in [-0.39, 0.29) is 29.7 Å². The number of carboxylic acids is 1. The van der Waals surface area contributed by atoms with Gasteiger partial charge in [0.25, 0.3) is 0 Å². The number of likely N-dealkylation sites (N-methyl/N-ethyl adjacent to an activating group) is 1. The minimum absolute atomic E-state index is 0. The van der Waals surface area contributed by atoms with Crippen molar-refractivity contribution in [2.75, 3.05) is 18.5 Å². The lowest BCUT2D eigenvalue weighted by atomic mass is 9.81. The van der Waals surface area contributed by atoms with E-state index in [0.29, 0.717) is 0 Å². The molecule has 0 atom stereocenters. The van der Waals surface area contributed by atoms with Gasteiger partial charge in [-0.1, -0.05) is 56.3 Å². The van der Waals surface area contributed by atoms with E-state index in [1.165, 1.54) is 33.9 Å². The molecule has 0 saturated carbocycles. The molecule has 0 bridgehead atoms. The molecule has 0 amide bonds. The van der Waals surface area contributed by atoms with Gasteiger partial charge in [-0.3, -0.25) is 4.79 Å². The van der Waals surface area contributed by atoms with Crippen LogP contribution in [-0.4, -0.2) is 35.0 Å². The molecule has 4 rings (SSSR count). The molecule has 1 N–H and O–H groups in total. The zero-order chi connectivity index (χ0) is 24.5. The third-order valence-corrected chi connectivity index (χ3v) is 7.52. The molecular weight excluding hydrogens is 456 g/mol. The third kappa shape index (κ3) is 4.95. The van der Waals surface area contributed by atoms with Crippen molar-refractivity contribution in [3.05, 3.63) is 83.6 Å². The zero-order valence-electron chi connectivity index (χ0n) is 21.5. The van der Waals surface area contributed by atoms with Crippen molar-refractivity contribution in [3.63, 3.8) is 0 Å². The maximum absolute atomic E-state index is 10.9. The van der Waals surface area contributed by atoms with E-state index >= 15 is 0 Å². The molecule has 2 aliphatic heterocycles. The van der Waals surface area contributed by atoms with E-state index in [1.54, 1.807) is 0 Å². The fourth-order valence-electron chi connectivity index (χ4n) is 5.64. The number of halogens is 1. The Morgan fingerprint density at radius 3 is 2.29 bits per heavy atom. The smallest absolute Gasteiger partial charge is 0.303 e. The normalized spacial score (nSPS) is 18.7. The summed E-state index contributed by atoms with van der Waals surface area (Å²) in [5.41, 5.74) is 7.70. The molecule has 5 heteroatoms. The summed E-state index contributed by atoms with van der Waals surface area (Å²) in [6.07, 6.45) is 9.62. The Kier molecular flexibility index (Phi) is 7.96. The summed E-state index contributed by atoms with van der Waals surface area (Å²) in [7, 11) is 2.15. The standard InChI is InChI=1S/C30H36N2O2.ClH/c1-29(2)22-14-8-10-16-24(22)31(5)26(29)18-13-19-27-30(3,4)23-15-9-11-17-25(23)32(27)21-12-6-7-20-28(33)34;/h8-11,13-19H,6-7,12,20-21H2,1-5H3;1H. The Hall–Kier alpha value is -2.85. The van der Waals surface area contributed by atoms with Crippen molar-refractivity contribution in [1.29, 1.82) is 0 Å². The highest BCUT2D eigenvalue weighted by atomic mass is 35.5. The van der Waals surface area contributed by atoms with Crippen molar-refractivity contribution < 1.29 is 26.9 Å². The predicted octanol–water partition coefficient (Wildman–Crippen LogP) is 3.58. The largest absolute Gasteiger partial charge is 1.00 e. The van der Waals surface area contributed by atoms with E-state index in [0.717, 1.165) is 25.8 Å². The van der Waals surface area contributed by atoms with Crippen molar-refractivity contribution in [3.8, 4) is 0 Å². The number of carboxylic acid groups (broad SMARTS) is 1. The van der Waals surface area contributed by atoms with Crippen LogP contribution in [0.2, 0.25) is 0 Å². The van der Waals surface area contributed by atoms with Gasteiger partial charge in [-0.05, 0) is 44.4 Å². The van der Waals surface area contributed by atoms with Crippen molar-refractivity contribution >= 4 is 23.1 Å². The number of fused-ring (bicyclic) bond motifs is 2. The van der Waals surface area contributed by atoms with Gasteiger partial charge in [0, 0.05) is 54.4 Å². The quantitative estimate of drug-likeness (QED) is 0.452. The molecule has 4 nitrogen and oxygen atoms in total. The van der Waals surface area contributed by atoms with Crippen molar-refractivity contribution in [2.24, 2.45) is 0 Å². The molecule has 0 radical (unpaired) electrons. The fraction of sp³-hybridized carbons (Fsp3) is 0.400. The molecule has 2 aliphatic rings. The van der Waals surface area contributed by atoms with Gasteiger partial charge in [-0.15, -0.1) is 0 Å². The minimum atomic E-state index is -0.710. The monoisotopic (exact) mass is 492 g/mol. The van der Waals surface area contributed by atoms with E-state index in [2.05, 4.69) is 111 Å². The molecular formula is C30H37ClN2O2. The van der Waals surface area contributed by atoms with Crippen LogP contribution in [-0.2, 0) is 15.6 Å². The highest BCUT2D eigenvalue weighted by Gasteiger charge is 2.44. The lowest BCUT2D eigenvalue weighted by molar-refractivity contribution is -0.438. The molecule has 2 heterocycles. The maximum atomic E-state index is 10.9. The number of unbranched alkanes of at least 4 members (excludes halogenated alkanes) is 2. The average Bonchev–Trinajstić information content (AvgIpc) is 3.13. The minimum Gasteiger partial charge on any atom is -1.00 e. The van der Waals surface area contributed by atoms with Gasteiger partial charge in [0.05, 0.1) is 5.41 Å². The van der Waals surface area contributed by atoms with Crippen LogP contribution in [0.3, 0.4) is 0 Å². The summed E-state index contributed by atoms with van der Waals surface area (Å²) in [6.45, 7) is 10.1. The first-order valence-electron chi connectivity index (χ1n) is 12.3. The molecule has 0 unspecified atom stereocenters. The average molecular weight is 493 g/mol. The van der Waals surface area contributed by atoms with Crippen LogP contribution in [0.5, 0.6) is 0 Å². The molecule has 0 spiro atoms. The first-order valence-corrected chi connectivity index (χ1v) is 12.3. The Bertz CT molecular complexity index is 1190. The summed E-state index contributed by atoms with van der Waals surface area (Å²) in [5, 5.41) is 8.93. The van der Waals surface area contributed by atoms with Crippen molar-refractivity contribution in [2.45, 2.75) is 64.2 Å². The van der Waals surface area contributed by atoms with Crippen LogP contribution in [0.1, 0.15) is 64.5 Å². The Morgan fingerprint density at radius 2 is 1.60 bits per heavy atom. The second-order valence-electron chi connectivity index (χ2n) is 10.5. The van der Waals surface area contributed by atoms with Crippen LogP contribution < -0.4 is 17.3 Å². The second kappa shape index (κ2) is 10.4. The van der Waals surface area contributed by atoms with Gasteiger partial charge in [-0.25, -0.2) is 0 Å². The molecule has 0 saturated heterocycles. The first kappa shape index (κ1) is 26.7. The van der Waals surface area contributed by atoms with Gasteiger partial charge < -0.3 is 22.4 Å². The van der Waals surface area contributed by atoms with Crippen LogP contribution in [0, 0.1) is 0 Å². The summed E-state index contributed by atoms with van der Waals surface area (Å²) < 4.78 is 2.43. The zero-order valence-corrected chi connectivity index (χ0v) is 22.3. The lowest BCUT2D eigenvalue weighted by Gasteiger charge is -2.23. The number of aliphatic carboxylic acids is 1. The number of hydrogen-bond acceptors (Lipinski definition) is 2. The van der Waals surface area contributed by atoms with Crippen LogP contribution in [0.15, 0.2) is 72.5 Å². The summed E-state index contributed by atoms with van der Waals surface area (Å²) in [4.78, 5) is 13.2. The molecule has 0 aliphatic carbocycles. The van der Waals surface area contributed by atoms with Crippen molar-refractivity contribution in [1.82, 2.24) is 0 Å². The van der Waals surface area contributed by atoms with Gasteiger partial charge >= 0.3 is 5.97 Å². The Balaban J connectivity index is 0.00000342. The summed E-state index contributed by atoms with van der Waals surface area (Å²) in [5.74, 6) is -0.710. The summed E-state index contributed by atoms with van der Waals surface area (Å²) >= 11 is 0. The van der Waals surface area contributed by atoms with E-state index < -0.39 is 5.97 Å². The maximum Gasteiger partial charge on any atom is 0.303 e. The SMILES string of the molecule is CN1/C(=C/C=C/C2=[N+](CCCCCC(=O)O)c3ccccc3C2(C)C)C(C)(C)c2ccccc21.[Cl-]. The van der Waals surface area contributed by atoms with E-state index in [9.17, 15) is 4.79 Å². The highest BCUT2D eigenvalue weighted by molar-refractivity contribution is 6.03. The number of nitrogens with zero attached hydrogens (tertiary/aromatic N) is 2. The number of carbonyl (C=O) groups is 1.